The highest BCUT2D eigenvalue weighted by atomic mass is 32.1. The summed E-state index contributed by atoms with van der Waals surface area (Å²) in [7, 11) is 0. The number of fused-ring (bicyclic) bond motifs is 1. The van der Waals surface area contributed by atoms with Crippen molar-refractivity contribution in [2.75, 3.05) is 6.54 Å². The minimum atomic E-state index is 0.213. The smallest absolute Gasteiger partial charge is 0.247 e. The van der Waals surface area contributed by atoms with Crippen LogP contribution >= 0.6 is 11.3 Å². The predicted molar refractivity (Wildman–Crippen MR) is 61.6 cm³/mol. The Morgan fingerprint density at radius 3 is 3.20 bits per heavy atom. The summed E-state index contributed by atoms with van der Waals surface area (Å²) >= 11 is 1.69. The minimum absolute atomic E-state index is 0.213. The fraction of sp³-hybridized carbons (Fsp3) is 0.417. The minimum Gasteiger partial charge on any atom is -0.336 e. The van der Waals surface area contributed by atoms with Crippen molar-refractivity contribution in [1.29, 1.82) is 0 Å². The number of carbonyl (C=O) groups is 1. The van der Waals surface area contributed by atoms with Gasteiger partial charge in [0.05, 0.1) is 0 Å². The molecule has 1 fully saturated rings. The SMILES string of the molecule is O=C1C=C(c2ccsc2)C[C@@H]2CCCN12. The number of hydrogen-bond donors (Lipinski definition) is 0. The van der Waals surface area contributed by atoms with E-state index in [2.05, 4.69) is 16.8 Å². The Balaban J connectivity index is 1.93. The Kier molecular flexibility index (Phi) is 2.13. The van der Waals surface area contributed by atoms with Gasteiger partial charge in [0, 0.05) is 18.7 Å². The van der Waals surface area contributed by atoms with Crippen LogP contribution in [0.3, 0.4) is 0 Å². The molecule has 78 valence electrons. The zero-order valence-corrected chi connectivity index (χ0v) is 9.30. The molecule has 1 saturated heterocycles. The molecule has 3 heterocycles. The van der Waals surface area contributed by atoms with Crippen LogP contribution in [0.25, 0.3) is 5.57 Å². The molecule has 0 aliphatic carbocycles. The van der Waals surface area contributed by atoms with Gasteiger partial charge in [0.2, 0.25) is 5.91 Å². The molecule has 2 aliphatic rings. The van der Waals surface area contributed by atoms with E-state index in [4.69, 9.17) is 0 Å². The van der Waals surface area contributed by atoms with Crippen molar-refractivity contribution < 1.29 is 4.79 Å². The summed E-state index contributed by atoms with van der Waals surface area (Å²) in [5.74, 6) is 0.213. The molecule has 0 N–H and O–H groups in total. The summed E-state index contributed by atoms with van der Waals surface area (Å²) < 4.78 is 0. The van der Waals surface area contributed by atoms with Crippen LogP contribution in [0.5, 0.6) is 0 Å². The van der Waals surface area contributed by atoms with Crippen molar-refractivity contribution in [3.05, 3.63) is 28.5 Å². The van der Waals surface area contributed by atoms with E-state index in [1.54, 1.807) is 11.3 Å². The second kappa shape index (κ2) is 3.49. The maximum absolute atomic E-state index is 11.8. The number of carbonyl (C=O) groups excluding carboxylic acids is 1. The highest BCUT2D eigenvalue weighted by molar-refractivity contribution is 7.08. The quantitative estimate of drug-likeness (QED) is 0.710. The predicted octanol–water partition coefficient (Wildman–Crippen LogP) is 2.53. The van der Waals surface area contributed by atoms with Crippen LogP contribution in [0.15, 0.2) is 22.9 Å². The Labute approximate surface area is 93.2 Å². The molecule has 1 amide bonds. The topological polar surface area (TPSA) is 20.3 Å². The molecule has 0 saturated carbocycles. The summed E-state index contributed by atoms with van der Waals surface area (Å²) in [5.41, 5.74) is 2.46. The van der Waals surface area contributed by atoms with Crippen LogP contribution in [-0.4, -0.2) is 23.4 Å². The van der Waals surface area contributed by atoms with Crippen LogP contribution < -0.4 is 0 Å². The third kappa shape index (κ3) is 1.51. The van der Waals surface area contributed by atoms with E-state index < -0.39 is 0 Å². The Hall–Kier alpha value is -1.09. The molecule has 1 atom stereocenters. The fourth-order valence-corrected chi connectivity index (χ4v) is 3.21. The molecule has 3 heteroatoms. The molecule has 15 heavy (non-hydrogen) atoms. The van der Waals surface area contributed by atoms with Crippen molar-refractivity contribution in [3.63, 3.8) is 0 Å². The second-order valence-corrected chi connectivity index (χ2v) is 4.99. The number of rotatable bonds is 1. The number of amides is 1. The first kappa shape index (κ1) is 9.16. The van der Waals surface area contributed by atoms with Gasteiger partial charge in [-0.05, 0) is 47.2 Å². The lowest BCUT2D eigenvalue weighted by Gasteiger charge is -2.28. The van der Waals surface area contributed by atoms with Gasteiger partial charge < -0.3 is 4.90 Å². The van der Waals surface area contributed by atoms with Gasteiger partial charge in [-0.25, -0.2) is 0 Å². The second-order valence-electron chi connectivity index (χ2n) is 4.21. The first-order valence-corrected chi connectivity index (χ1v) is 6.32. The molecule has 2 aliphatic heterocycles. The van der Waals surface area contributed by atoms with Gasteiger partial charge in [0.15, 0.2) is 0 Å². The zero-order chi connectivity index (χ0) is 10.3. The lowest BCUT2D eigenvalue weighted by atomic mass is 9.96. The average Bonchev–Trinajstić information content (AvgIpc) is 2.88. The van der Waals surface area contributed by atoms with E-state index in [-0.39, 0.29) is 5.91 Å². The van der Waals surface area contributed by atoms with Crippen molar-refractivity contribution in [2.45, 2.75) is 25.3 Å². The van der Waals surface area contributed by atoms with Crippen LogP contribution in [0.2, 0.25) is 0 Å². The maximum Gasteiger partial charge on any atom is 0.247 e. The number of hydrogen-bond acceptors (Lipinski definition) is 2. The van der Waals surface area contributed by atoms with Gasteiger partial charge in [0.1, 0.15) is 0 Å². The van der Waals surface area contributed by atoms with Gasteiger partial charge in [0.25, 0.3) is 0 Å². The van der Waals surface area contributed by atoms with Gasteiger partial charge in [-0.1, -0.05) is 0 Å². The van der Waals surface area contributed by atoms with Crippen LogP contribution in [0, 0.1) is 0 Å². The summed E-state index contributed by atoms with van der Waals surface area (Å²) in [4.78, 5) is 13.9. The third-order valence-corrected chi connectivity index (χ3v) is 3.99. The Morgan fingerprint density at radius 2 is 2.40 bits per heavy atom. The van der Waals surface area contributed by atoms with E-state index in [1.807, 2.05) is 11.0 Å². The van der Waals surface area contributed by atoms with E-state index in [0.29, 0.717) is 6.04 Å². The summed E-state index contributed by atoms with van der Waals surface area (Å²) in [6.45, 7) is 0.955. The summed E-state index contributed by atoms with van der Waals surface area (Å²) in [6.07, 6.45) is 5.21. The third-order valence-electron chi connectivity index (χ3n) is 3.31. The molecule has 3 rings (SSSR count). The van der Waals surface area contributed by atoms with Gasteiger partial charge >= 0.3 is 0 Å². The highest BCUT2D eigenvalue weighted by Crippen LogP contribution is 2.33. The highest BCUT2D eigenvalue weighted by Gasteiger charge is 2.32. The number of nitrogens with zero attached hydrogens (tertiary/aromatic N) is 1. The lowest BCUT2D eigenvalue weighted by molar-refractivity contribution is -0.127. The van der Waals surface area contributed by atoms with Crippen molar-refractivity contribution in [3.8, 4) is 0 Å². The van der Waals surface area contributed by atoms with Crippen molar-refractivity contribution in [1.82, 2.24) is 4.90 Å². The summed E-state index contributed by atoms with van der Waals surface area (Å²) in [5, 5.41) is 4.20. The fourth-order valence-electron chi connectivity index (χ4n) is 2.53. The van der Waals surface area contributed by atoms with Crippen molar-refractivity contribution in [2.24, 2.45) is 0 Å². The molecule has 2 nitrogen and oxygen atoms in total. The van der Waals surface area contributed by atoms with E-state index in [9.17, 15) is 4.79 Å². The van der Waals surface area contributed by atoms with Gasteiger partial charge in [-0.15, -0.1) is 0 Å². The van der Waals surface area contributed by atoms with E-state index >= 15 is 0 Å². The molecule has 0 aromatic carbocycles. The van der Waals surface area contributed by atoms with E-state index in [0.717, 1.165) is 13.0 Å². The van der Waals surface area contributed by atoms with Crippen LogP contribution in [0.4, 0.5) is 0 Å². The molecule has 1 aromatic heterocycles. The van der Waals surface area contributed by atoms with Crippen molar-refractivity contribution >= 4 is 22.8 Å². The van der Waals surface area contributed by atoms with Crippen LogP contribution in [0.1, 0.15) is 24.8 Å². The first-order valence-electron chi connectivity index (χ1n) is 5.38. The molecular weight excluding hydrogens is 206 g/mol. The summed E-state index contributed by atoms with van der Waals surface area (Å²) in [6, 6.07) is 2.58. The van der Waals surface area contributed by atoms with Gasteiger partial charge in [-0.3, -0.25) is 4.79 Å². The molecular formula is C12H13NOS. The van der Waals surface area contributed by atoms with Gasteiger partial charge in [-0.2, -0.15) is 11.3 Å². The molecule has 1 aromatic rings. The first-order chi connectivity index (χ1) is 7.34. The van der Waals surface area contributed by atoms with E-state index in [1.165, 1.54) is 24.0 Å². The van der Waals surface area contributed by atoms with Crippen LogP contribution in [-0.2, 0) is 4.79 Å². The molecule has 0 bridgehead atoms. The Bertz CT molecular complexity index is 407. The standard InChI is InChI=1S/C12H13NOS/c14-12-7-10(9-3-5-15-8-9)6-11-2-1-4-13(11)12/h3,5,7-8,11H,1-2,4,6H2/t11-/m0/s1. The Morgan fingerprint density at radius 1 is 1.47 bits per heavy atom. The normalized spacial score (nSPS) is 25.3. The average molecular weight is 219 g/mol. The molecule has 0 radical (unpaired) electrons. The molecule has 0 unspecified atom stereocenters. The monoisotopic (exact) mass is 219 g/mol. The zero-order valence-electron chi connectivity index (χ0n) is 8.48. The number of thiophene rings is 1. The lowest BCUT2D eigenvalue weighted by Crippen LogP contribution is -2.37. The maximum atomic E-state index is 11.8. The largest absolute Gasteiger partial charge is 0.336 e. The molecule has 0 spiro atoms.